The predicted molar refractivity (Wildman–Crippen MR) is 120 cm³/mol. The topological polar surface area (TPSA) is 111 Å². The van der Waals surface area contributed by atoms with Crippen molar-refractivity contribution >= 4 is 19.7 Å². The molecule has 174 valence electrons. The molecule has 0 fully saturated rings. The van der Waals surface area contributed by atoms with Gasteiger partial charge in [0.2, 0.25) is 0 Å². The number of benzene rings is 2. The van der Waals surface area contributed by atoms with Crippen LogP contribution in [0.25, 0.3) is 0 Å². The first-order valence-electron chi connectivity index (χ1n) is 10.3. The highest BCUT2D eigenvalue weighted by molar-refractivity contribution is 7.52. The summed E-state index contributed by atoms with van der Waals surface area (Å²) in [5.74, 6) is -0.937. The highest BCUT2D eigenvalue weighted by Crippen LogP contribution is 2.45. The van der Waals surface area contributed by atoms with Crippen molar-refractivity contribution in [3.63, 3.8) is 0 Å². The maximum atomic E-state index is 12.8. The summed E-state index contributed by atoms with van der Waals surface area (Å²) in [7, 11) is -3.08. The summed E-state index contributed by atoms with van der Waals surface area (Å²) in [5.41, 5.74) is 1.58. The molecule has 1 amide bonds. The number of amides is 1. The lowest BCUT2D eigenvalue weighted by atomic mass is 10.1. The molecule has 2 unspecified atom stereocenters. The van der Waals surface area contributed by atoms with Crippen LogP contribution in [0.3, 0.4) is 0 Å². The molecule has 3 atom stereocenters. The SMILES string of the molecule is COC(=O)[C@H](Cc1ccccc1)OP(=O)(O)CC(NC(=O)OCc1ccccc1)C(C)C. The molecule has 0 heterocycles. The lowest BCUT2D eigenvalue weighted by Crippen LogP contribution is -2.42. The van der Waals surface area contributed by atoms with Gasteiger partial charge in [-0.2, -0.15) is 0 Å². The molecule has 0 spiro atoms. The molecule has 0 bridgehead atoms. The molecule has 0 saturated carbocycles. The standard InChI is InChI=1S/C23H30NO7P/c1-17(2)20(24-23(26)30-15-19-12-8-5-9-13-19)16-32(27,28)31-21(22(25)29-3)14-18-10-6-4-7-11-18/h4-13,17,20-21H,14-16H2,1-3H3,(H,24,26)(H,27,28)/t20?,21-/m0/s1. The first-order valence-corrected chi connectivity index (χ1v) is 12.1. The van der Waals surface area contributed by atoms with Crippen LogP contribution in [0.5, 0.6) is 0 Å². The zero-order chi connectivity index (χ0) is 23.6. The van der Waals surface area contributed by atoms with Gasteiger partial charge in [-0.1, -0.05) is 74.5 Å². The molecule has 2 aromatic carbocycles. The number of hydrogen-bond donors (Lipinski definition) is 2. The second kappa shape index (κ2) is 12.4. The average Bonchev–Trinajstić information content (AvgIpc) is 2.77. The maximum Gasteiger partial charge on any atom is 0.407 e. The number of methoxy groups -OCH3 is 1. The molecule has 0 aliphatic rings. The molecular weight excluding hydrogens is 433 g/mol. The van der Waals surface area contributed by atoms with Gasteiger partial charge < -0.3 is 19.7 Å². The summed E-state index contributed by atoms with van der Waals surface area (Å²) in [4.78, 5) is 34.8. The van der Waals surface area contributed by atoms with Crippen LogP contribution < -0.4 is 5.32 Å². The highest BCUT2D eigenvalue weighted by Gasteiger charge is 2.34. The number of esters is 1. The van der Waals surface area contributed by atoms with E-state index in [1.165, 1.54) is 7.11 Å². The van der Waals surface area contributed by atoms with Gasteiger partial charge in [-0.15, -0.1) is 0 Å². The van der Waals surface area contributed by atoms with E-state index >= 15 is 0 Å². The van der Waals surface area contributed by atoms with E-state index in [9.17, 15) is 19.0 Å². The van der Waals surface area contributed by atoms with E-state index in [2.05, 4.69) is 5.32 Å². The Morgan fingerprint density at radius 3 is 2.09 bits per heavy atom. The van der Waals surface area contributed by atoms with Crippen molar-refractivity contribution in [2.45, 2.75) is 39.0 Å². The average molecular weight is 463 g/mol. The van der Waals surface area contributed by atoms with E-state index in [1.54, 1.807) is 38.1 Å². The van der Waals surface area contributed by atoms with Crippen molar-refractivity contribution in [1.29, 1.82) is 0 Å². The molecular formula is C23H30NO7P. The van der Waals surface area contributed by atoms with Crippen molar-refractivity contribution in [1.82, 2.24) is 5.32 Å². The van der Waals surface area contributed by atoms with Crippen LogP contribution in [0.4, 0.5) is 4.79 Å². The summed E-state index contributed by atoms with van der Waals surface area (Å²) in [5, 5.41) is 2.62. The Morgan fingerprint density at radius 2 is 1.56 bits per heavy atom. The minimum Gasteiger partial charge on any atom is -0.467 e. The van der Waals surface area contributed by atoms with Gasteiger partial charge in [0.1, 0.15) is 6.61 Å². The second-order valence-electron chi connectivity index (χ2n) is 7.68. The molecule has 8 nitrogen and oxygen atoms in total. The number of alkyl carbamates (subject to hydrolysis) is 1. The number of nitrogens with one attached hydrogen (secondary N) is 1. The summed E-state index contributed by atoms with van der Waals surface area (Å²) in [6, 6.07) is 17.4. The summed E-state index contributed by atoms with van der Waals surface area (Å²) in [6.45, 7) is 3.67. The minimum atomic E-state index is -4.27. The van der Waals surface area contributed by atoms with Gasteiger partial charge in [-0.05, 0) is 17.0 Å². The summed E-state index contributed by atoms with van der Waals surface area (Å²) in [6.07, 6.45) is -2.26. The smallest absolute Gasteiger partial charge is 0.407 e. The monoisotopic (exact) mass is 463 g/mol. The van der Waals surface area contributed by atoms with Crippen molar-refractivity contribution in [3.8, 4) is 0 Å². The van der Waals surface area contributed by atoms with E-state index in [1.807, 2.05) is 36.4 Å². The van der Waals surface area contributed by atoms with Crippen molar-refractivity contribution in [2.75, 3.05) is 13.3 Å². The first kappa shape index (κ1) is 25.6. The fraction of sp³-hybridized carbons (Fsp3) is 0.391. The molecule has 0 aliphatic carbocycles. The van der Waals surface area contributed by atoms with Gasteiger partial charge in [-0.25, -0.2) is 9.59 Å². The van der Waals surface area contributed by atoms with Crippen molar-refractivity contribution in [2.24, 2.45) is 5.92 Å². The fourth-order valence-corrected chi connectivity index (χ4v) is 4.61. The van der Waals surface area contributed by atoms with E-state index in [-0.39, 0.29) is 25.1 Å². The third kappa shape index (κ3) is 8.83. The molecule has 32 heavy (non-hydrogen) atoms. The molecule has 9 heteroatoms. The van der Waals surface area contributed by atoms with Gasteiger partial charge in [-0.3, -0.25) is 9.09 Å². The second-order valence-corrected chi connectivity index (χ2v) is 9.53. The number of hydrogen-bond acceptors (Lipinski definition) is 6. The fourth-order valence-electron chi connectivity index (χ4n) is 2.95. The van der Waals surface area contributed by atoms with Crippen LogP contribution in [0, 0.1) is 5.92 Å². The Labute approximate surface area is 188 Å². The van der Waals surface area contributed by atoms with Crippen LogP contribution >= 0.6 is 7.60 Å². The molecule has 2 N–H and O–H groups in total. The Hall–Kier alpha value is -2.67. The van der Waals surface area contributed by atoms with Crippen molar-refractivity contribution in [3.05, 3.63) is 71.8 Å². The first-order chi connectivity index (χ1) is 15.2. The van der Waals surface area contributed by atoms with Crippen molar-refractivity contribution < 1.29 is 33.0 Å². The molecule has 0 aromatic heterocycles. The van der Waals surface area contributed by atoms with Crippen LogP contribution in [0.2, 0.25) is 0 Å². The van der Waals surface area contributed by atoms with Gasteiger partial charge >= 0.3 is 19.7 Å². The lowest BCUT2D eigenvalue weighted by Gasteiger charge is -2.26. The third-order valence-electron chi connectivity index (χ3n) is 4.77. The van der Waals surface area contributed by atoms with E-state index in [0.29, 0.717) is 0 Å². The maximum absolute atomic E-state index is 12.8. The third-order valence-corrected chi connectivity index (χ3v) is 6.21. The van der Waals surface area contributed by atoms with Crippen LogP contribution in [-0.2, 0) is 36.4 Å². The molecule has 2 rings (SSSR count). The number of carbonyl (C=O) groups excluding carboxylic acids is 2. The molecule has 2 aromatic rings. The van der Waals surface area contributed by atoms with E-state index in [4.69, 9.17) is 14.0 Å². The highest BCUT2D eigenvalue weighted by atomic mass is 31.2. The number of rotatable bonds is 11. The predicted octanol–water partition coefficient (Wildman–Crippen LogP) is 3.92. The largest absolute Gasteiger partial charge is 0.467 e. The van der Waals surface area contributed by atoms with Gasteiger partial charge in [0.05, 0.1) is 13.3 Å². The van der Waals surface area contributed by atoms with E-state index in [0.717, 1.165) is 11.1 Å². The zero-order valence-corrected chi connectivity index (χ0v) is 19.4. The Kier molecular flexibility index (Phi) is 9.91. The Balaban J connectivity index is 1.99. The Morgan fingerprint density at radius 1 is 1.00 bits per heavy atom. The quantitative estimate of drug-likeness (QED) is 0.384. The normalized spacial score (nSPS) is 14.8. The van der Waals surface area contributed by atoms with Crippen LogP contribution in [-0.4, -0.2) is 42.4 Å². The van der Waals surface area contributed by atoms with Gasteiger partial charge in [0.25, 0.3) is 0 Å². The molecule has 0 aliphatic heterocycles. The Bertz CT molecular complexity index is 905. The summed E-state index contributed by atoms with van der Waals surface area (Å²) >= 11 is 0. The zero-order valence-electron chi connectivity index (χ0n) is 18.5. The minimum absolute atomic E-state index is 0.0757. The van der Waals surface area contributed by atoms with Crippen LogP contribution in [0.1, 0.15) is 25.0 Å². The lowest BCUT2D eigenvalue weighted by molar-refractivity contribution is -0.149. The van der Waals surface area contributed by atoms with E-state index < -0.39 is 31.8 Å². The van der Waals surface area contributed by atoms with Gasteiger partial charge in [0, 0.05) is 12.5 Å². The van der Waals surface area contributed by atoms with Crippen LogP contribution in [0.15, 0.2) is 60.7 Å². The van der Waals surface area contributed by atoms with Gasteiger partial charge in [0.15, 0.2) is 6.10 Å². The summed E-state index contributed by atoms with van der Waals surface area (Å²) < 4.78 is 28.1. The number of ether oxygens (including phenoxy) is 2. The molecule has 0 radical (unpaired) electrons. The molecule has 0 saturated heterocycles. The number of carbonyl (C=O) groups is 2.